The van der Waals surface area contributed by atoms with Gasteiger partial charge in [-0.05, 0) is 51.3 Å². The summed E-state index contributed by atoms with van der Waals surface area (Å²) in [5.41, 5.74) is 0.500. The number of rotatable bonds is 6. The predicted octanol–water partition coefficient (Wildman–Crippen LogP) is 4.38. The van der Waals surface area contributed by atoms with Crippen LogP contribution in [0.1, 0.15) is 58.4 Å². The first-order valence-corrected chi connectivity index (χ1v) is 8.72. The van der Waals surface area contributed by atoms with Gasteiger partial charge in [0, 0.05) is 12.0 Å². The van der Waals surface area contributed by atoms with Gasteiger partial charge in [-0.3, -0.25) is 0 Å². The van der Waals surface area contributed by atoms with Gasteiger partial charge in [0.25, 0.3) is 0 Å². The molecule has 2 atom stereocenters. The molecule has 6 nitrogen and oxygen atoms in total. The average Bonchev–Trinajstić information content (AvgIpc) is 3.25. The van der Waals surface area contributed by atoms with Crippen molar-refractivity contribution in [2.75, 3.05) is 6.61 Å². The second-order valence-electron chi connectivity index (χ2n) is 7.22. The molecule has 1 aliphatic carbocycles. The summed E-state index contributed by atoms with van der Waals surface area (Å²) in [7, 11) is 0. The minimum Gasteiger partial charge on any atom is -0.444 e. The molecule has 0 saturated heterocycles. The highest BCUT2D eigenvalue weighted by atomic mass is 16.7. The Morgan fingerprint density at radius 1 is 1.28 bits per heavy atom. The van der Waals surface area contributed by atoms with Gasteiger partial charge >= 0.3 is 12.2 Å². The van der Waals surface area contributed by atoms with Gasteiger partial charge in [-0.25, -0.2) is 9.59 Å². The Balaban J connectivity index is 1.84. The van der Waals surface area contributed by atoms with E-state index < -0.39 is 17.8 Å². The molecule has 25 heavy (non-hydrogen) atoms. The lowest BCUT2D eigenvalue weighted by Gasteiger charge is -2.19. The molecule has 1 aromatic carbocycles. The molecule has 1 aromatic rings. The number of carbonyl (C=O) groups excluding carboxylic acids is 2. The van der Waals surface area contributed by atoms with Crippen LogP contribution in [0, 0.1) is 0 Å². The zero-order valence-corrected chi connectivity index (χ0v) is 15.3. The lowest BCUT2D eigenvalue weighted by Crippen LogP contribution is -2.34. The number of hydrogen-bond acceptors (Lipinski definition) is 5. The molecule has 1 N–H and O–H groups in total. The van der Waals surface area contributed by atoms with Crippen molar-refractivity contribution < 1.29 is 23.8 Å². The van der Waals surface area contributed by atoms with Gasteiger partial charge in [0.05, 0.1) is 6.61 Å². The van der Waals surface area contributed by atoms with E-state index in [4.69, 9.17) is 14.2 Å². The van der Waals surface area contributed by atoms with E-state index in [1.54, 1.807) is 6.07 Å². The molecule has 1 saturated carbocycles. The molecule has 0 aromatic heterocycles. The molecule has 0 heterocycles. The number of amides is 1. The fourth-order valence-corrected chi connectivity index (χ4v) is 2.42. The quantitative estimate of drug-likeness (QED) is 0.468. The van der Waals surface area contributed by atoms with Crippen LogP contribution >= 0.6 is 0 Å². The Hall–Kier alpha value is -2.24. The number of alkyl carbamates (subject to hydrolysis) is 1. The minimum atomic E-state index is -0.690. The monoisotopic (exact) mass is 349 g/mol. The standard InChI is InChI=1S/C19H27NO5/c1-5-6-10-23-18(22)24-14-9-7-8-13(11-14)15-12-16(15)20-17(21)25-19(2,3)4/h7-9,11,15-16H,5-6,10,12H2,1-4H3,(H,20,21)/t15?,16-/m1/s1. The largest absolute Gasteiger partial charge is 0.513 e. The predicted molar refractivity (Wildman–Crippen MR) is 93.8 cm³/mol. The summed E-state index contributed by atoms with van der Waals surface area (Å²) in [6, 6.07) is 7.34. The molecule has 0 radical (unpaired) electrons. The fourth-order valence-electron chi connectivity index (χ4n) is 2.42. The maximum Gasteiger partial charge on any atom is 0.513 e. The number of benzene rings is 1. The molecule has 1 amide bonds. The average molecular weight is 349 g/mol. The molecular weight excluding hydrogens is 322 g/mol. The van der Waals surface area contributed by atoms with E-state index in [-0.39, 0.29) is 12.0 Å². The summed E-state index contributed by atoms with van der Waals surface area (Å²) in [6.07, 6.45) is 1.51. The van der Waals surface area contributed by atoms with Gasteiger partial charge in [0.1, 0.15) is 11.4 Å². The zero-order chi connectivity index (χ0) is 18.4. The zero-order valence-electron chi connectivity index (χ0n) is 15.3. The van der Waals surface area contributed by atoms with E-state index in [1.165, 1.54) is 0 Å². The number of unbranched alkanes of at least 4 members (excludes halogenated alkanes) is 1. The molecule has 6 heteroatoms. The minimum absolute atomic E-state index is 0.0432. The maximum absolute atomic E-state index is 11.8. The molecule has 1 unspecified atom stereocenters. The number of carbonyl (C=O) groups is 2. The molecule has 0 bridgehead atoms. The van der Waals surface area contributed by atoms with Crippen molar-refractivity contribution in [1.29, 1.82) is 0 Å². The second-order valence-corrected chi connectivity index (χ2v) is 7.22. The number of ether oxygens (including phenoxy) is 3. The molecular formula is C19H27NO5. The smallest absolute Gasteiger partial charge is 0.444 e. The summed E-state index contributed by atoms with van der Waals surface area (Å²) >= 11 is 0. The van der Waals surface area contributed by atoms with Crippen LogP contribution in [0.25, 0.3) is 0 Å². The Morgan fingerprint density at radius 3 is 2.72 bits per heavy atom. The van der Waals surface area contributed by atoms with Gasteiger partial charge in [-0.2, -0.15) is 0 Å². The van der Waals surface area contributed by atoms with Crippen LogP contribution in [-0.4, -0.2) is 30.5 Å². The summed E-state index contributed by atoms with van der Waals surface area (Å²) in [6.45, 7) is 7.88. The van der Waals surface area contributed by atoms with Gasteiger partial charge in [0.2, 0.25) is 0 Å². The molecule has 138 valence electrons. The van der Waals surface area contributed by atoms with Crippen LogP contribution in [-0.2, 0) is 9.47 Å². The molecule has 1 aliphatic rings. The van der Waals surface area contributed by atoms with E-state index in [0.29, 0.717) is 12.4 Å². The van der Waals surface area contributed by atoms with Gasteiger partial charge in [-0.15, -0.1) is 0 Å². The van der Waals surface area contributed by atoms with E-state index in [1.807, 2.05) is 45.9 Å². The van der Waals surface area contributed by atoms with Crippen molar-refractivity contribution >= 4 is 12.2 Å². The fraction of sp³-hybridized carbons (Fsp3) is 0.579. The highest BCUT2D eigenvalue weighted by molar-refractivity contribution is 5.69. The lowest BCUT2D eigenvalue weighted by atomic mass is 10.1. The normalized spacial score (nSPS) is 19.0. The van der Waals surface area contributed by atoms with Crippen LogP contribution in [0.5, 0.6) is 5.75 Å². The Kier molecular flexibility index (Phi) is 6.28. The van der Waals surface area contributed by atoms with Gasteiger partial charge in [-0.1, -0.05) is 25.5 Å². The van der Waals surface area contributed by atoms with Gasteiger partial charge < -0.3 is 19.5 Å². The molecule has 2 rings (SSSR count). The Morgan fingerprint density at radius 2 is 2.04 bits per heavy atom. The summed E-state index contributed by atoms with van der Waals surface area (Å²) in [5.74, 6) is 0.647. The highest BCUT2D eigenvalue weighted by Gasteiger charge is 2.40. The van der Waals surface area contributed by atoms with Crippen molar-refractivity contribution in [2.24, 2.45) is 0 Å². The number of hydrogen-bond donors (Lipinski definition) is 1. The number of nitrogens with one attached hydrogen (secondary N) is 1. The van der Waals surface area contributed by atoms with Gasteiger partial charge in [0.15, 0.2) is 0 Å². The summed E-state index contributed by atoms with van der Waals surface area (Å²) in [5, 5.41) is 2.86. The molecule has 1 fully saturated rings. The van der Waals surface area contributed by atoms with Crippen LogP contribution in [0.2, 0.25) is 0 Å². The van der Waals surface area contributed by atoms with Crippen LogP contribution < -0.4 is 10.1 Å². The van der Waals surface area contributed by atoms with Crippen LogP contribution in [0.3, 0.4) is 0 Å². The van der Waals surface area contributed by atoms with Crippen molar-refractivity contribution in [1.82, 2.24) is 5.32 Å². The Bertz CT molecular complexity index is 608. The third-order valence-electron chi connectivity index (χ3n) is 3.70. The first-order valence-electron chi connectivity index (χ1n) is 8.72. The van der Waals surface area contributed by atoms with E-state index in [9.17, 15) is 9.59 Å². The van der Waals surface area contributed by atoms with Crippen LogP contribution in [0.4, 0.5) is 9.59 Å². The topological polar surface area (TPSA) is 73.9 Å². The maximum atomic E-state index is 11.8. The van der Waals surface area contributed by atoms with E-state index >= 15 is 0 Å². The summed E-state index contributed by atoms with van der Waals surface area (Å²) in [4.78, 5) is 23.4. The van der Waals surface area contributed by atoms with E-state index in [2.05, 4.69) is 5.32 Å². The van der Waals surface area contributed by atoms with E-state index in [0.717, 1.165) is 24.8 Å². The second kappa shape index (κ2) is 8.23. The third kappa shape index (κ3) is 6.64. The Labute approximate surface area is 148 Å². The SMILES string of the molecule is CCCCOC(=O)Oc1cccc(C2C[C@H]2NC(=O)OC(C)(C)C)c1. The molecule has 0 spiro atoms. The van der Waals surface area contributed by atoms with Crippen molar-refractivity contribution in [3.05, 3.63) is 29.8 Å². The molecule has 0 aliphatic heterocycles. The first kappa shape index (κ1) is 19.1. The van der Waals surface area contributed by atoms with Crippen molar-refractivity contribution in [3.8, 4) is 5.75 Å². The summed E-state index contributed by atoms with van der Waals surface area (Å²) < 4.78 is 15.4. The van der Waals surface area contributed by atoms with Crippen molar-refractivity contribution in [3.63, 3.8) is 0 Å². The van der Waals surface area contributed by atoms with Crippen molar-refractivity contribution in [2.45, 2.75) is 64.5 Å². The third-order valence-corrected chi connectivity index (χ3v) is 3.70. The first-order chi connectivity index (χ1) is 11.8. The lowest BCUT2D eigenvalue weighted by molar-refractivity contribution is 0.0522. The highest BCUT2D eigenvalue weighted by Crippen LogP contribution is 2.41. The van der Waals surface area contributed by atoms with Crippen LogP contribution in [0.15, 0.2) is 24.3 Å².